The van der Waals surface area contributed by atoms with Crippen LogP contribution in [0.3, 0.4) is 0 Å². The van der Waals surface area contributed by atoms with E-state index in [-0.39, 0.29) is 12.1 Å². The van der Waals surface area contributed by atoms with Crippen LogP contribution in [0.1, 0.15) is 24.5 Å². The molecule has 20 heavy (non-hydrogen) atoms. The predicted octanol–water partition coefficient (Wildman–Crippen LogP) is 2.50. The molecule has 1 saturated heterocycles. The van der Waals surface area contributed by atoms with Crippen molar-refractivity contribution in [3.8, 4) is 0 Å². The molecular formula is C14H19F3N2O. The molecule has 3 N–H and O–H groups in total. The van der Waals surface area contributed by atoms with Crippen LogP contribution >= 0.6 is 0 Å². The van der Waals surface area contributed by atoms with Crippen LogP contribution in [0.2, 0.25) is 0 Å². The summed E-state index contributed by atoms with van der Waals surface area (Å²) < 4.78 is 43.7. The zero-order valence-corrected chi connectivity index (χ0v) is 11.3. The van der Waals surface area contributed by atoms with E-state index in [2.05, 4.69) is 12.3 Å². The first-order valence-corrected chi connectivity index (χ1v) is 6.65. The van der Waals surface area contributed by atoms with Gasteiger partial charge in [0, 0.05) is 6.61 Å². The van der Waals surface area contributed by atoms with Gasteiger partial charge in [0.1, 0.15) is 0 Å². The van der Waals surface area contributed by atoms with Crippen molar-refractivity contribution in [2.45, 2.75) is 38.1 Å². The summed E-state index contributed by atoms with van der Waals surface area (Å²) in [6.07, 6.45) is -3.02. The van der Waals surface area contributed by atoms with Gasteiger partial charge in [0.25, 0.3) is 0 Å². The Morgan fingerprint density at radius 2 is 2.20 bits per heavy atom. The van der Waals surface area contributed by atoms with Crippen LogP contribution in [-0.2, 0) is 17.3 Å². The Balaban J connectivity index is 2.11. The van der Waals surface area contributed by atoms with Crippen molar-refractivity contribution in [2.75, 3.05) is 6.61 Å². The van der Waals surface area contributed by atoms with Gasteiger partial charge in [-0.2, -0.15) is 13.2 Å². The van der Waals surface area contributed by atoms with E-state index in [4.69, 9.17) is 10.6 Å². The standard InChI is InChI=1S/C14H19F3N2O/c1-9-5-6-20-13(9)12(19-18)8-10-3-2-4-11(7-10)14(15,16)17/h2-4,7,9,12-13,19H,5-6,8,18H2,1H3. The number of nitrogens with two attached hydrogens (primary N) is 1. The average Bonchev–Trinajstić information content (AvgIpc) is 2.81. The summed E-state index contributed by atoms with van der Waals surface area (Å²) in [5.74, 6) is 5.88. The van der Waals surface area contributed by atoms with Crippen molar-refractivity contribution >= 4 is 0 Å². The molecule has 3 nitrogen and oxygen atoms in total. The minimum absolute atomic E-state index is 0.0606. The van der Waals surface area contributed by atoms with Gasteiger partial charge in [0.15, 0.2) is 0 Å². The Morgan fingerprint density at radius 1 is 1.45 bits per heavy atom. The highest BCUT2D eigenvalue weighted by atomic mass is 19.4. The molecule has 1 heterocycles. The minimum Gasteiger partial charge on any atom is -0.376 e. The second-order valence-electron chi connectivity index (χ2n) is 5.28. The summed E-state index contributed by atoms with van der Waals surface area (Å²) in [6.45, 7) is 2.74. The Hall–Kier alpha value is -1.11. The molecule has 0 amide bonds. The summed E-state index contributed by atoms with van der Waals surface area (Å²) in [5, 5.41) is 0. The minimum atomic E-state index is -4.32. The number of benzene rings is 1. The topological polar surface area (TPSA) is 47.3 Å². The van der Waals surface area contributed by atoms with Gasteiger partial charge in [-0.15, -0.1) is 0 Å². The SMILES string of the molecule is CC1CCOC1C(Cc1cccc(C(F)(F)F)c1)NN. The van der Waals surface area contributed by atoms with E-state index in [1.54, 1.807) is 6.07 Å². The van der Waals surface area contributed by atoms with Crippen LogP contribution < -0.4 is 11.3 Å². The molecule has 2 rings (SSSR count). The lowest BCUT2D eigenvalue weighted by Gasteiger charge is -2.25. The molecule has 1 aromatic carbocycles. The number of rotatable bonds is 4. The summed E-state index contributed by atoms with van der Waals surface area (Å²) in [5.41, 5.74) is 2.64. The van der Waals surface area contributed by atoms with Gasteiger partial charge in [-0.25, -0.2) is 0 Å². The molecule has 0 bridgehead atoms. The number of alkyl halides is 3. The Bertz CT molecular complexity index is 450. The van der Waals surface area contributed by atoms with E-state index in [9.17, 15) is 13.2 Å². The van der Waals surface area contributed by atoms with E-state index in [1.807, 2.05) is 0 Å². The first-order chi connectivity index (χ1) is 9.41. The molecule has 3 unspecified atom stereocenters. The molecule has 0 saturated carbocycles. The molecule has 1 aromatic rings. The van der Waals surface area contributed by atoms with E-state index in [0.717, 1.165) is 12.5 Å². The van der Waals surface area contributed by atoms with Crippen LogP contribution in [0.25, 0.3) is 0 Å². The first kappa shape index (κ1) is 15.3. The summed E-state index contributed by atoms with van der Waals surface area (Å²) in [6, 6.07) is 5.16. The number of ether oxygens (including phenoxy) is 1. The van der Waals surface area contributed by atoms with Gasteiger partial charge in [0.2, 0.25) is 0 Å². The second-order valence-corrected chi connectivity index (χ2v) is 5.28. The van der Waals surface area contributed by atoms with E-state index < -0.39 is 11.7 Å². The lowest BCUT2D eigenvalue weighted by atomic mass is 9.93. The fraction of sp³-hybridized carbons (Fsp3) is 0.571. The zero-order chi connectivity index (χ0) is 14.8. The summed E-state index contributed by atoms with van der Waals surface area (Å²) >= 11 is 0. The van der Waals surface area contributed by atoms with Crippen molar-refractivity contribution in [3.63, 3.8) is 0 Å². The zero-order valence-electron chi connectivity index (χ0n) is 11.3. The Labute approximate surface area is 116 Å². The number of halogens is 3. The largest absolute Gasteiger partial charge is 0.416 e. The van der Waals surface area contributed by atoms with Gasteiger partial charge in [-0.3, -0.25) is 11.3 Å². The first-order valence-electron chi connectivity index (χ1n) is 6.65. The predicted molar refractivity (Wildman–Crippen MR) is 69.8 cm³/mol. The fourth-order valence-electron chi connectivity index (χ4n) is 2.63. The maximum atomic E-state index is 12.7. The molecule has 0 spiro atoms. The van der Waals surface area contributed by atoms with E-state index >= 15 is 0 Å². The maximum Gasteiger partial charge on any atom is 0.416 e. The third kappa shape index (κ3) is 3.50. The van der Waals surface area contributed by atoms with Crippen LogP contribution in [0, 0.1) is 5.92 Å². The fourth-order valence-corrected chi connectivity index (χ4v) is 2.63. The van der Waals surface area contributed by atoms with Crippen molar-refractivity contribution in [1.29, 1.82) is 0 Å². The van der Waals surface area contributed by atoms with Crippen LogP contribution in [-0.4, -0.2) is 18.8 Å². The lowest BCUT2D eigenvalue weighted by molar-refractivity contribution is -0.137. The molecule has 3 atom stereocenters. The summed E-state index contributed by atoms with van der Waals surface area (Å²) in [7, 11) is 0. The highest BCUT2D eigenvalue weighted by molar-refractivity contribution is 5.26. The van der Waals surface area contributed by atoms with Gasteiger partial charge < -0.3 is 4.74 Å². The second kappa shape index (κ2) is 6.11. The summed E-state index contributed by atoms with van der Waals surface area (Å²) in [4.78, 5) is 0. The number of hydrazine groups is 1. The Morgan fingerprint density at radius 3 is 2.75 bits per heavy atom. The van der Waals surface area contributed by atoms with Gasteiger partial charge in [0.05, 0.1) is 17.7 Å². The molecule has 6 heteroatoms. The number of nitrogens with one attached hydrogen (secondary N) is 1. The lowest BCUT2D eigenvalue weighted by Crippen LogP contribution is -2.47. The molecule has 1 fully saturated rings. The maximum absolute atomic E-state index is 12.7. The number of hydrogen-bond acceptors (Lipinski definition) is 3. The molecule has 1 aliphatic heterocycles. The molecule has 0 radical (unpaired) electrons. The van der Waals surface area contributed by atoms with E-state index in [1.165, 1.54) is 12.1 Å². The monoisotopic (exact) mass is 288 g/mol. The van der Waals surface area contributed by atoms with E-state index in [0.29, 0.717) is 24.5 Å². The normalized spacial score (nSPS) is 24.9. The highest BCUT2D eigenvalue weighted by Crippen LogP contribution is 2.30. The third-order valence-electron chi connectivity index (χ3n) is 3.76. The van der Waals surface area contributed by atoms with Gasteiger partial charge in [-0.1, -0.05) is 25.1 Å². The van der Waals surface area contributed by atoms with Crippen molar-refractivity contribution in [2.24, 2.45) is 11.8 Å². The van der Waals surface area contributed by atoms with Crippen LogP contribution in [0.4, 0.5) is 13.2 Å². The van der Waals surface area contributed by atoms with Crippen molar-refractivity contribution in [1.82, 2.24) is 5.43 Å². The molecule has 1 aliphatic rings. The van der Waals surface area contributed by atoms with Crippen molar-refractivity contribution < 1.29 is 17.9 Å². The smallest absolute Gasteiger partial charge is 0.376 e. The number of hydrogen-bond donors (Lipinski definition) is 2. The van der Waals surface area contributed by atoms with Gasteiger partial charge in [-0.05, 0) is 30.4 Å². The average molecular weight is 288 g/mol. The van der Waals surface area contributed by atoms with Crippen LogP contribution in [0.15, 0.2) is 24.3 Å². The molecule has 0 aromatic heterocycles. The molecular weight excluding hydrogens is 269 g/mol. The van der Waals surface area contributed by atoms with Gasteiger partial charge >= 0.3 is 6.18 Å². The van der Waals surface area contributed by atoms with Crippen molar-refractivity contribution in [3.05, 3.63) is 35.4 Å². The molecule has 112 valence electrons. The highest BCUT2D eigenvalue weighted by Gasteiger charge is 2.33. The Kier molecular flexibility index (Phi) is 4.67. The third-order valence-corrected chi connectivity index (χ3v) is 3.76. The quantitative estimate of drug-likeness (QED) is 0.661. The van der Waals surface area contributed by atoms with Crippen LogP contribution in [0.5, 0.6) is 0 Å². The molecule has 0 aliphatic carbocycles.